The van der Waals surface area contributed by atoms with Crippen molar-refractivity contribution in [3.05, 3.63) is 29.3 Å². The summed E-state index contributed by atoms with van der Waals surface area (Å²) in [6.45, 7) is 11.5. The molecule has 5 fully saturated rings. The fraction of sp³-hybridized carbons (Fsp3) is 0.655. The van der Waals surface area contributed by atoms with E-state index in [1.54, 1.807) is 6.07 Å². The van der Waals surface area contributed by atoms with Crippen LogP contribution in [0.5, 0.6) is 0 Å². The zero-order chi connectivity index (χ0) is 26.7. The van der Waals surface area contributed by atoms with Crippen LogP contribution in [0.25, 0.3) is 0 Å². The van der Waals surface area contributed by atoms with Gasteiger partial charge in [-0.25, -0.2) is 0 Å². The van der Waals surface area contributed by atoms with Gasteiger partial charge in [0.2, 0.25) is 11.8 Å². The average Bonchev–Trinajstić information content (AvgIpc) is 3.24. The molecule has 2 N–H and O–H groups in total. The lowest BCUT2D eigenvalue weighted by molar-refractivity contribution is -0.136. The minimum atomic E-state index is -0.929. The van der Waals surface area contributed by atoms with E-state index >= 15 is 0 Å². The Balaban J connectivity index is 0.905. The highest BCUT2D eigenvalue weighted by Crippen LogP contribution is 2.49. The third-order valence-electron chi connectivity index (χ3n) is 10.1. The first kappa shape index (κ1) is 25.2. The summed E-state index contributed by atoms with van der Waals surface area (Å²) in [7, 11) is 0. The topological polar surface area (TPSA) is 105 Å². The molecule has 10 nitrogen and oxygen atoms in total. The van der Waals surface area contributed by atoms with Gasteiger partial charge in [0.15, 0.2) is 0 Å². The number of piperazine rings is 1. The lowest BCUT2D eigenvalue weighted by Gasteiger charge is -2.39. The molecule has 1 aliphatic carbocycles. The average molecular weight is 535 g/mol. The maximum atomic E-state index is 13.2. The lowest BCUT2D eigenvalue weighted by atomic mass is 9.95. The minimum Gasteiger partial charge on any atom is -0.371 e. The van der Waals surface area contributed by atoms with Gasteiger partial charge in [-0.05, 0) is 74.2 Å². The van der Waals surface area contributed by atoms with Crippen molar-refractivity contribution in [2.24, 2.45) is 23.7 Å². The van der Waals surface area contributed by atoms with Crippen molar-refractivity contribution in [2.75, 3.05) is 70.3 Å². The number of hydrogen-bond acceptors (Lipinski definition) is 8. The molecule has 2 unspecified atom stereocenters. The van der Waals surface area contributed by atoms with Gasteiger partial charge in [-0.2, -0.15) is 0 Å². The van der Waals surface area contributed by atoms with Crippen LogP contribution in [0.4, 0.5) is 5.69 Å². The van der Waals surface area contributed by atoms with Crippen LogP contribution >= 0.6 is 0 Å². The van der Waals surface area contributed by atoms with Crippen molar-refractivity contribution in [2.45, 2.75) is 31.7 Å². The van der Waals surface area contributed by atoms with Crippen LogP contribution in [-0.4, -0.2) is 110 Å². The number of rotatable bonds is 6. The second kappa shape index (κ2) is 9.98. The number of amides is 4. The fourth-order valence-corrected chi connectivity index (χ4v) is 7.66. The molecule has 208 valence electrons. The SMILES string of the molecule is O=C1CCC(N2C(=O)c3ccc(N4CCC(CN5CCN(CC6[C@H]7CNC[C@@H]67)CC5)CC4)cc3C2=O)C(=O)N1. The Morgan fingerprint density at radius 1 is 0.769 bits per heavy atom. The number of imide groups is 2. The molecule has 1 saturated carbocycles. The summed E-state index contributed by atoms with van der Waals surface area (Å²) >= 11 is 0. The van der Waals surface area contributed by atoms with Crippen molar-refractivity contribution in [3.8, 4) is 0 Å². The summed E-state index contributed by atoms with van der Waals surface area (Å²) < 4.78 is 0. The van der Waals surface area contributed by atoms with Crippen LogP contribution in [0, 0.1) is 23.7 Å². The van der Waals surface area contributed by atoms with Gasteiger partial charge < -0.3 is 20.0 Å². The van der Waals surface area contributed by atoms with E-state index in [-0.39, 0.29) is 18.7 Å². The van der Waals surface area contributed by atoms with Gasteiger partial charge in [-0.1, -0.05) is 0 Å². The summed E-state index contributed by atoms with van der Waals surface area (Å²) in [4.78, 5) is 58.7. The predicted molar refractivity (Wildman–Crippen MR) is 144 cm³/mol. The van der Waals surface area contributed by atoms with E-state index in [0.29, 0.717) is 17.0 Å². The minimum absolute atomic E-state index is 0.124. The van der Waals surface area contributed by atoms with Gasteiger partial charge in [0.1, 0.15) is 6.04 Å². The number of fused-ring (bicyclic) bond motifs is 2. The fourth-order valence-electron chi connectivity index (χ4n) is 7.66. The molecule has 6 aliphatic rings. The Hall–Kier alpha value is -2.82. The number of hydrogen-bond donors (Lipinski definition) is 2. The third-order valence-corrected chi connectivity index (χ3v) is 10.1. The molecule has 10 heteroatoms. The zero-order valence-electron chi connectivity index (χ0n) is 22.4. The molecule has 4 saturated heterocycles. The molecule has 5 heterocycles. The van der Waals surface area contributed by atoms with Gasteiger partial charge >= 0.3 is 0 Å². The number of piperidine rings is 3. The summed E-state index contributed by atoms with van der Waals surface area (Å²) in [5.41, 5.74) is 1.64. The van der Waals surface area contributed by atoms with Gasteiger partial charge in [0.25, 0.3) is 11.8 Å². The lowest BCUT2D eigenvalue weighted by Crippen LogP contribution is -2.54. The van der Waals surface area contributed by atoms with Crippen LogP contribution in [0.2, 0.25) is 0 Å². The van der Waals surface area contributed by atoms with Gasteiger partial charge in [0, 0.05) is 64.5 Å². The number of nitrogens with one attached hydrogen (secondary N) is 2. The molecule has 0 radical (unpaired) electrons. The summed E-state index contributed by atoms with van der Waals surface area (Å²) in [6.07, 6.45) is 2.53. The maximum absolute atomic E-state index is 13.2. The highest BCUT2D eigenvalue weighted by Gasteiger charge is 2.53. The first-order chi connectivity index (χ1) is 19.0. The van der Waals surface area contributed by atoms with E-state index < -0.39 is 23.8 Å². The molecule has 1 aromatic rings. The Bertz CT molecular complexity index is 1180. The molecule has 39 heavy (non-hydrogen) atoms. The molecule has 1 aromatic carbocycles. The standard InChI is InChI=1S/C29H38N6O4/c36-26-4-3-25(27(37)31-26)35-28(38)20-2-1-19(13-21(20)29(35)39)34-7-5-18(6-8-34)16-32-9-11-33(12-10-32)17-24-22-14-30-15-23(22)24/h1-2,13,18,22-25,30H,3-12,14-17H2,(H,31,36,37)/t22-,23+,24?,25?. The van der Waals surface area contributed by atoms with E-state index in [2.05, 4.69) is 25.3 Å². The first-order valence-corrected chi connectivity index (χ1v) is 14.7. The molecule has 7 rings (SSSR count). The van der Waals surface area contributed by atoms with Crippen LogP contribution in [0.3, 0.4) is 0 Å². The Kier molecular flexibility index (Phi) is 6.44. The van der Waals surface area contributed by atoms with E-state index in [1.807, 2.05) is 12.1 Å². The van der Waals surface area contributed by atoms with Gasteiger partial charge in [-0.15, -0.1) is 0 Å². The predicted octanol–water partition coefficient (Wildman–Crippen LogP) is 0.387. The highest BCUT2D eigenvalue weighted by molar-refractivity contribution is 6.23. The maximum Gasteiger partial charge on any atom is 0.262 e. The van der Waals surface area contributed by atoms with Gasteiger partial charge in [0.05, 0.1) is 11.1 Å². The second-order valence-electron chi connectivity index (χ2n) is 12.4. The normalized spacial score (nSPS) is 32.0. The zero-order valence-corrected chi connectivity index (χ0v) is 22.4. The molecule has 0 bridgehead atoms. The largest absolute Gasteiger partial charge is 0.371 e. The van der Waals surface area contributed by atoms with Crippen LogP contribution in [0.1, 0.15) is 46.4 Å². The van der Waals surface area contributed by atoms with E-state index in [4.69, 9.17) is 0 Å². The molecular weight excluding hydrogens is 496 g/mol. The molecule has 0 aromatic heterocycles. The van der Waals surface area contributed by atoms with E-state index in [9.17, 15) is 19.2 Å². The molecule has 0 spiro atoms. The Morgan fingerprint density at radius 2 is 1.44 bits per heavy atom. The van der Waals surface area contributed by atoms with E-state index in [1.165, 1.54) is 52.4 Å². The smallest absolute Gasteiger partial charge is 0.262 e. The Labute approximate surface area is 229 Å². The van der Waals surface area contributed by atoms with Crippen molar-refractivity contribution in [1.82, 2.24) is 25.3 Å². The van der Waals surface area contributed by atoms with Crippen molar-refractivity contribution in [3.63, 3.8) is 0 Å². The van der Waals surface area contributed by atoms with Crippen LogP contribution in [-0.2, 0) is 9.59 Å². The third kappa shape index (κ3) is 4.66. The van der Waals surface area contributed by atoms with Crippen molar-refractivity contribution >= 4 is 29.3 Å². The first-order valence-electron chi connectivity index (χ1n) is 14.7. The summed E-state index contributed by atoms with van der Waals surface area (Å²) in [5, 5.41) is 5.75. The highest BCUT2D eigenvalue weighted by atomic mass is 16.2. The van der Waals surface area contributed by atoms with Crippen molar-refractivity contribution < 1.29 is 19.2 Å². The second-order valence-corrected chi connectivity index (χ2v) is 12.4. The summed E-state index contributed by atoms with van der Waals surface area (Å²) in [6, 6.07) is 4.52. The number of anilines is 1. The number of nitrogens with zero attached hydrogens (tertiary/aromatic N) is 4. The quantitative estimate of drug-likeness (QED) is 0.505. The van der Waals surface area contributed by atoms with Gasteiger partial charge in [-0.3, -0.25) is 29.4 Å². The number of carbonyl (C=O) groups is 4. The summed E-state index contributed by atoms with van der Waals surface area (Å²) in [5.74, 6) is 1.68. The molecule has 5 aliphatic heterocycles. The van der Waals surface area contributed by atoms with Crippen LogP contribution < -0.4 is 15.5 Å². The number of benzene rings is 1. The number of carbonyl (C=O) groups excluding carboxylic acids is 4. The molecular formula is C29H38N6O4. The monoisotopic (exact) mass is 534 g/mol. The van der Waals surface area contributed by atoms with Crippen molar-refractivity contribution in [1.29, 1.82) is 0 Å². The molecule has 4 amide bonds. The van der Waals surface area contributed by atoms with E-state index in [0.717, 1.165) is 54.3 Å². The Morgan fingerprint density at radius 3 is 2.13 bits per heavy atom. The van der Waals surface area contributed by atoms with Crippen LogP contribution in [0.15, 0.2) is 18.2 Å². The molecule has 4 atom stereocenters.